The first-order chi connectivity index (χ1) is 5.88. The van der Waals surface area contributed by atoms with Crippen LogP contribution >= 0.6 is 0 Å². The lowest BCUT2D eigenvalue weighted by molar-refractivity contribution is 0.583. The van der Waals surface area contributed by atoms with Gasteiger partial charge in [0.05, 0.1) is 12.0 Å². The highest BCUT2D eigenvalue weighted by Gasteiger charge is 2.03. The summed E-state index contributed by atoms with van der Waals surface area (Å²) in [5, 5.41) is 0. The zero-order chi connectivity index (χ0) is 8.39. The molecule has 0 radical (unpaired) electrons. The molecule has 60 valence electrons. The molecule has 3 nitrogen and oxygen atoms in total. The summed E-state index contributed by atoms with van der Waals surface area (Å²) in [4.78, 5) is 3.90. The van der Waals surface area contributed by atoms with Crippen LogP contribution in [0.1, 0.15) is 0 Å². The summed E-state index contributed by atoms with van der Waals surface area (Å²) in [6.07, 6.45) is 4.99. The monoisotopic (exact) mass is 160 g/mol. The Hall–Kier alpha value is -1.77. The molecule has 0 atom stereocenters. The maximum Gasteiger partial charge on any atom is 0.156 e. The van der Waals surface area contributed by atoms with Crippen molar-refractivity contribution < 1.29 is 4.42 Å². The van der Waals surface area contributed by atoms with Crippen molar-refractivity contribution in [1.29, 1.82) is 0 Å². The minimum Gasteiger partial charge on any atom is -0.462 e. The van der Waals surface area contributed by atoms with Gasteiger partial charge in [-0.1, -0.05) is 0 Å². The van der Waals surface area contributed by atoms with Crippen molar-refractivity contribution in [3.63, 3.8) is 0 Å². The standard InChI is InChI=1S/C9H8N2O/c10-8-3-6-12-9(8)7-1-4-11-5-2-7/h1-6H,10H2. The average molecular weight is 160 g/mol. The largest absolute Gasteiger partial charge is 0.462 e. The molecule has 0 aromatic carbocycles. The van der Waals surface area contributed by atoms with Gasteiger partial charge in [-0.15, -0.1) is 0 Å². The van der Waals surface area contributed by atoms with Gasteiger partial charge in [0, 0.05) is 24.0 Å². The topological polar surface area (TPSA) is 52.0 Å². The molecule has 2 heterocycles. The Labute approximate surface area is 69.8 Å². The van der Waals surface area contributed by atoms with Crippen molar-refractivity contribution in [3.05, 3.63) is 36.9 Å². The fourth-order valence-corrected chi connectivity index (χ4v) is 1.06. The predicted molar refractivity (Wildman–Crippen MR) is 46.4 cm³/mol. The first-order valence-corrected chi connectivity index (χ1v) is 3.61. The van der Waals surface area contributed by atoms with Gasteiger partial charge in [0.15, 0.2) is 5.76 Å². The zero-order valence-electron chi connectivity index (χ0n) is 6.40. The van der Waals surface area contributed by atoms with Gasteiger partial charge in [-0.25, -0.2) is 0 Å². The molecule has 2 aromatic heterocycles. The molecule has 0 aliphatic rings. The van der Waals surface area contributed by atoms with Crippen molar-refractivity contribution in [3.8, 4) is 11.3 Å². The second-order valence-electron chi connectivity index (χ2n) is 2.44. The van der Waals surface area contributed by atoms with Gasteiger partial charge in [0.25, 0.3) is 0 Å². The van der Waals surface area contributed by atoms with Crippen LogP contribution in [0.15, 0.2) is 41.3 Å². The third-order valence-corrected chi connectivity index (χ3v) is 1.64. The van der Waals surface area contributed by atoms with Crippen LogP contribution in [0.25, 0.3) is 11.3 Å². The minimum atomic E-state index is 0.654. The van der Waals surface area contributed by atoms with Crippen LogP contribution in [0.4, 0.5) is 5.69 Å². The predicted octanol–water partition coefficient (Wildman–Crippen LogP) is 1.92. The number of nitrogen functional groups attached to an aromatic ring is 1. The van der Waals surface area contributed by atoms with Gasteiger partial charge in [-0.05, 0) is 12.1 Å². The lowest BCUT2D eigenvalue weighted by Crippen LogP contribution is -1.84. The van der Waals surface area contributed by atoms with Crippen LogP contribution in [-0.2, 0) is 0 Å². The van der Waals surface area contributed by atoms with Crippen LogP contribution in [0.2, 0.25) is 0 Å². The molecule has 0 aliphatic carbocycles. The summed E-state index contributed by atoms with van der Waals surface area (Å²) in [5.41, 5.74) is 7.26. The molecule has 3 heteroatoms. The normalized spacial score (nSPS) is 10.0. The molecule has 2 N–H and O–H groups in total. The highest BCUT2D eigenvalue weighted by molar-refractivity contribution is 5.70. The van der Waals surface area contributed by atoms with Crippen molar-refractivity contribution in [2.45, 2.75) is 0 Å². The molecule has 0 saturated carbocycles. The number of nitrogens with two attached hydrogens (primary N) is 1. The Morgan fingerprint density at radius 1 is 1.17 bits per heavy atom. The Bertz CT molecular complexity index is 367. The fourth-order valence-electron chi connectivity index (χ4n) is 1.06. The van der Waals surface area contributed by atoms with E-state index in [0.717, 1.165) is 5.56 Å². The Balaban J connectivity index is 2.51. The van der Waals surface area contributed by atoms with Crippen LogP contribution in [-0.4, -0.2) is 4.98 Å². The molecule has 0 fully saturated rings. The lowest BCUT2D eigenvalue weighted by atomic mass is 10.2. The van der Waals surface area contributed by atoms with E-state index >= 15 is 0 Å². The van der Waals surface area contributed by atoms with Crippen molar-refractivity contribution >= 4 is 5.69 Å². The van der Waals surface area contributed by atoms with Crippen LogP contribution < -0.4 is 5.73 Å². The summed E-state index contributed by atoms with van der Waals surface area (Å²) in [7, 11) is 0. The summed E-state index contributed by atoms with van der Waals surface area (Å²) in [5.74, 6) is 0.706. The second kappa shape index (κ2) is 2.70. The number of rotatable bonds is 1. The van der Waals surface area contributed by atoms with E-state index in [1.807, 2.05) is 12.1 Å². The summed E-state index contributed by atoms with van der Waals surface area (Å²) in [6.45, 7) is 0. The van der Waals surface area contributed by atoms with Gasteiger partial charge in [-0.3, -0.25) is 4.98 Å². The van der Waals surface area contributed by atoms with Gasteiger partial charge >= 0.3 is 0 Å². The molecule has 0 spiro atoms. The number of anilines is 1. The second-order valence-corrected chi connectivity index (χ2v) is 2.44. The van der Waals surface area contributed by atoms with Crippen molar-refractivity contribution in [1.82, 2.24) is 4.98 Å². The van der Waals surface area contributed by atoms with Crippen LogP contribution in [0.5, 0.6) is 0 Å². The Kier molecular flexibility index (Phi) is 1.55. The molecular weight excluding hydrogens is 152 g/mol. The van der Waals surface area contributed by atoms with Gasteiger partial charge in [-0.2, -0.15) is 0 Å². The van der Waals surface area contributed by atoms with E-state index in [4.69, 9.17) is 10.2 Å². The first-order valence-electron chi connectivity index (χ1n) is 3.61. The molecular formula is C9H8N2O. The summed E-state index contributed by atoms with van der Waals surface area (Å²) < 4.78 is 5.20. The number of aromatic nitrogens is 1. The number of furan rings is 1. The number of pyridine rings is 1. The van der Waals surface area contributed by atoms with E-state index in [0.29, 0.717) is 11.4 Å². The summed E-state index contributed by atoms with van der Waals surface area (Å²) >= 11 is 0. The van der Waals surface area contributed by atoms with E-state index < -0.39 is 0 Å². The molecule has 0 aliphatic heterocycles. The Morgan fingerprint density at radius 2 is 1.92 bits per heavy atom. The zero-order valence-corrected chi connectivity index (χ0v) is 6.40. The highest BCUT2D eigenvalue weighted by atomic mass is 16.3. The molecule has 12 heavy (non-hydrogen) atoms. The van der Waals surface area contributed by atoms with E-state index in [1.54, 1.807) is 24.7 Å². The third kappa shape index (κ3) is 1.05. The number of hydrogen-bond acceptors (Lipinski definition) is 3. The van der Waals surface area contributed by atoms with E-state index in [9.17, 15) is 0 Å². The van der Waals surface area contributed by atoms with Gasteiger partial charge in [0.2, 0.25) is 0 Å². The first kappa shape index (κ1) is 6.91. The molecule has 0 saturated heterocycles. The van der Waals surface area contributed by atoms with Crippen molar-refractivity contribution in [2.75, 3.05) is 5.73 Å². The van der Waals surface area contributed by atoms with Gasteiger partial charge in [0.1, 0.15) is 0 Å². The lowest BCUT2D eigenvalue weighted by Gasteiger charge is -1.95. The number of nitrogens with zero attached hydrogens (tertiary/aromatic N) is 1. The molecule has 0 bridgehead atoms. The molecule has 2 rings (SSSR count). The third-order valence-electron chi connectivity index (χ3n) is 1.64. The maximum absolute atomic E-state index is 5.66. The molecule has 0 unspecified atom stereocenters. The van der Waals surface area contributed by atoms with Crippen molar-refractivity contribution in [2.24, 2.45) is 0 Å². The minimum absolute atomic E-state index is 0.654. The molecule has 2 aromatic rings. The van der Waals surface area contributed by atoms with Crippen LogP contribution in [0, 0.1) is 0 Å². The van der Waals surface area contributed by atoms with E-state index in [1.165, 1.54) is 0 Å². The maximum atomic E-state index is 5.66. The fraction of sp³-hybridized carbons (Fsp3) is 0. The SMILES string of the molecule is Nc1ccoc1-c1ccncc1. The Morgan fingerprint density at radius 3 is 2.50 bits per heavy atom. The smallest absolute Gasteiger partial charge is 0.156 e. The van der Waals surface area contributed by atoms with Crippen LogP contribution in [0.3, 0.4) is 0 Å². The van der Waals surface area contributed by atoms with E-state index in [-0.39, 0.29) is 0 Å². The van der Waals surface area contributed by atoms with E-state index in [2.05, 4.69) is 4.98 Å². The quantitative estimate of drug-likeness (QED) is 0.693. The number of hydrogen-bond donors (Lipinski definition) is 1. The summed E-state index contributed by atoms with van der Waals surface area (Å²) in [6, 6.07) is 5.44. The molecule has 0 amide bonds. The van der Waals surface area contributed by atoms with Gasteiger partial charge < -0.3 is 10.2 Å². The average Bonchev–Trinajstić information content (AvgIpc) is 2.53. The highest BCUT2D eigenvalue weighted by Crippen LogP contribution is 2.25.